The second-order valence-corrected chi connectivity index (χ2v) is 7.40. The highest BCUT2D eigenvalue weighted by Gasteiger charge is 2.13. The number of benzene rings is 1. The minimum absolute atomic E-state index is 0.0614. The SMILES string of the molecule is COc1cc(CNC(=O)c2csc(-c3ccc(Cl)s3)n2)ccc1O. The van der Waals surface area contributed by atoms with Crippen LogP contribution in [-0.4, -0.2) is 23.1 Å². The number of aromatic hydroxyl groups is 1. The van der Waals surface area contributed by atoms with E-state index in [0.29, 0.717) is 22.3 Å². The number of carbonyl (C=O) groups is 1. The molecule has 2 heterocycles. The third kappa shape index (κ3) is 3.69. The van der Waals surface area contributed by atoms with Crippen molar-refractivity contribution in [3.8, 4) is 21.4 Å². The summed E-state index contributed by atoms with van der Waals surface area (Å²) in [6.45, 7) is 0.313. The van der Waals surface area contributed by atoms with Crippen LogP contribution in [0.1, 0.15) is 16.1 Å². The van der Waals surface area contributed by atoms with Crippen LogP contribution in [0.2, 0.25) is 4.34 Å². The van der Waals surface area contributed by atoms with Crippen LogP contribution in [0.15, 0.2) is 35.7 Å². The number of thiazole rings is 1. The first-order valence-corrected chi connectivity index (χ1v) is 8.99. The van der Waals surface area contributed by atoms with Crippen LogP contribution >= 0.6 is 34.3 Å². The van der Waals surface area contributed by atoms with E-state index in [2.05, 4.69) is 10.3 Å². The molecule has 0 fully saturated rings. The van der Waals surface area contributed by atoms with Crippen molar-refractivity contribution >= 4 is 40.2 Å². The van der Waals surface area contributed by atoms with E-state index >= 15 is 0 Å². The predicted octanol–water partition coefficient (Wildman–Crippen LogP) is 4.17. The van der Waals surface area contributed by atoms with Crippen molar-refractivity contribution in [3.05, 3.63) is 51.3 Å². The van der Waals surface area contributed by atoms with E-state index in [4.69, 9.17) is 16.3 Å². The Morgan fingerprint density at radius 1 is 1.38 bits per heavy atom. The lowest BCUT2D eigenvalue weighted by atomic mass is 10.2. The summed E-state index contributed by atoms with van der Waals surface area (Å²) in [6.07, 6.45) is 0. The maximum atomic E-state index is 12.2. The van der Waals surface area contributed by atoms with E-state index in [1.165, 1.54) is 35.8 Å². The summed E-state index contributed by atoms with van der Waals surface area (Å²) in [4.78, 5) is 17.5. The Morgan fingerprint density at radius 3 is 2.92 bits per heavy atom. The molecule has 0 spiro atoms. The second-order valence-electron chi connectivity index (χ2n) is 4.83. The summed E-state index contributed by atoms with van der Waals surface area (Å²) in [5.74, 6) is 0.172. The van der Waals surface area contributed by atoms with Crippen molar-refractivity contribution in [2.75, 3.05) is 7.11 Å². The summed E-state index contributed by atoms with van der Waals surface area (Å²) < 4.78 is 5.74. The number of phenolic OH excluding ortho intramolecular Hbond substituents is 1. The van der Waals surface area contributed by atoms with Crippen molar-refractivity contribution in [3.63, 3.8) is 0 Å². The second kappa shape index (κ2) is 7.21. The van der Waals surface area contributed by atoms with Gasteiger partial charge in [-0.15, -0.1) is 22.7 Å². The number of aromatic nitrogens is 1. The van der Waals surface area contributed by atoms with E-state index in [1.807, 2.05) is 6.07 Å². The van der Waals surface area contributed by atoms with Gasteiger partial charge in [0.05, 0.1) is 16.3 Å². The van der Waals surface area contributed by atoms with Crippen molar-refractivity contribution in [2.45, 2.75) is 6.54 Å². The van der Waals surface area contributed by atoms with E-state index in [-0.39, 0.29) is 11.7 Å². The average Bonchev–Trinajstić information content (AvgIpc) is 3.22. The molecule has 0 radical (unpaired) electrons. The fraction of sp³-hybridized carbons (Fsp3) is 0.125. The van der Waals surface area contributed by atoms with Gasteiger partial charge in [0.15, 0.2) is 11.5 Å². The molecule has 5 nitrogen and oxygen atoms in total. The Labute approximate surface area is 151 Å². The van der Waals surface area contributed by atoms with Gasteiger partial charge in [-0.2, -0.15) is 0 Å². The molecule has 0 bridgehead atoms. The molecule has 2 N–H and O–H groups in total. The quantitative estimate of drug-likeness (QED) is 0.696. The van der Waals surface area contributed by atoms with E-state index in [0.717, 1.165) is 15.4 Å². The Bertz CT molecular complexity index is 876. The number of thiophene rings is 1. The van der Waals surface area contributed by atoms with E-state index in [9.17, 15) is 9.90 Å². The number of nitrogens with one attached hydrogen (secondary N) is 1. The van der Waals surface area contributed by atoms with Crippen LogP contribution in [0.3, 0.4) is 0 Å². The first-order chi connectivity index (χ1) is 11.6. The van der Waals surface area contributed by atoms with Gasteiger partial charge in [-0.1, -0.05) is 17.7 Å². The van der Waals surface area contributed by atoms with Crippen LogP contribution < -0.4 is 10.1 Å². The highest BCUT2D eigenvalue weighted by Crippen LogP contribution is 2.33. The molecular formula is C16H13ClN2O3S2. The van der Waals surface area contributed by atoms with Gasteiger partial charge >= 0.3 is 0 Å². The molecule has 0 unspecified atom stereocenters. The third-order valence-corrected chi connectivity index (χ3v) is 5.46. The zero-order valence-electron chi connectivity index (χ0n) is 12.6. The lowest BCUT2D eigenvalue weighted by Gasteiger charge is -2.07. The molecule has 3 aromatic rings. The number of methoxy groups -OCH3 is 1. The third-order valence-electron chi connectivity index (χ3n) is 3.22. The van der Waals surface area contributed by atoms with Crippen molar-refractivity contribution < 1.29 is 14.6 Å². The van der Waals surface area contributed by atoms with Gasteiger partial charge in [-0.05, 0) is 29.8 Å². The number of phenols is 1. The molecule has 1 amide bonds. The molecule has 0 aliphatic rings. The monoisotopic (exact) mass is 380 g/mol. The molecule has 0 aliphatic heterocycles. The number of rotatable bonds is 5. The summed E-state index contributed by atoms with van der Waals surface area (Å²) >= 11 is 8.75. The molecule has 0 aliphatic carbocycles. The number of hydrogen-bond donors (Lipinski definition) is 2. The molecule has 0 atom stereocenters. The van der Waals surface area contributed by atoms with E-state index < -0.39 is 0 Å². The molecule has 124 valence electrons. The lowest BCUT2D eigenvalue weighted by molar-refractivity contribution is 0.0946. The Kier molecular flexibility index (Phi) is 5.03. The number of amides is 1. The first-order valence-electron chi connectivity index (χ1n) is 6.92. The van der Waals surface area contributed by atoms with Gasteiger partial charge in [-0.3, -0.25) is 4.79 Å². The van der Waals surface area contributed by atoms with Gasteiger partial charge in [0.2, 0.25) is 0 Å². The van der Waals surface area contributed by atoms with Gasteiger partial charge in [-0.25, -0.2) is 4.98 Å². The minimum atomic E-state index is -0.257. The maximum absolute atomic E-state index is 12.2. The van der Waals surface area contributed by atoms with Crippen molar-refractivity contribution in [1.29, 1.82) is 0 Å². The maximum Gasteiger partial charge on any atom is 0.271 e. The lowest BCUT2D eigenvalue weighted by Crippen LogP contribution is -2.23. The van der Waals surface area contributed by atoms with Crippen LogP contribution in [-0.2, 0) is 6.54 Å². The van der Waals surface area contributed by atoms with E-state index in [1.54, 1.807) is 23.6 Å². The van der Waals surface area contributed by atoms with Gasteiger partial charge < -0.3 is 15.2 Å². The summed E-state index contributed by atoms with van der Waals surface area (Å²) in [6, 6.07) is 8.62. The first kappa shape index (κ1) is 16.8. The number of ether oxygens (including phenoxy) is 1. The molecule has 0 saturated heterocycles. The number of carbonyl (C=O) groups excluding carboxylic acids is 1. The standard InChI is InChI=1S/C16H13ClN2O3S2/c1-22-12-6-9(2-3-11(12)20)7-18-15(21)10-8-23-16(19-10)13-4-5-14(17)24-13/h2-6,8,20H,7H2,1H3,(H,18,21). The zero-order valence-corrected chi connectivity index (χ0v) is 15.0. The fourth-order valence-electron chi connectivity index (χ4n) is 2.03. The Hall–Kier alpha value is -2.09. The van der Waals surface area contributed by atoms with Gasteiger partial charge in [0.25, 0.3) is 5.91 Å². The zero-order chi connectivity index (χ0) is 17.1. The highest BCUT2D eigenvalue weighted by molar-refractivity contribution is 7.23. The van der Waals surface area contributed by atoms with Crippen molar-refractivity contribution in [1.82, 2.24) is 10.3 Å². The Morgan fingerprint density at radius 2 is 2.21 bits per heavy atom. The number of nitrogens with zero attached hydrogens (tertiary/aromatic N) is 1. The van der Waals surface area contributed by atoms with Crippen LogP contribution in [0, 0.1) is 0 Å². The molecule has 1 aromatic carbocycles. The number of halogens is 1. The van der Waals surface area contributed by atoms with Crippen molar-refractivity contribution in [2.24, 2.45) is 0 Å². The largest absolute Gasteiger partial charge is 0.504 e. The predicted molar refractivity (Wildman–Crippen MR) is 96.3 cm³/mol. The average molecular weight is 381 g/mol. The normalized spacial score (nSPS) is 10.6. The van der Waals surface area contributed by atoms with Gasteiger partial charge in [0.1, 0.15) is 10.7 Å². The topological polar surface area (TPSA) is 71.5 Å². The molecule has 2 aromatic heterocycles. The summed E-state index contributed by atoms with van der Waals surface area (Å²) in [7, 11) is 1.48. The smallest absolute Gasteiger partial charge is 0.271 e. The molecular weight excluding hydrogens is 368 g/mol. The fourth-order valence-corrected chi connectivity index (χ4v) is 3.94. The van der Waals surface area contributed by atoms with Crippen LogP contribution in [0.5, 0.6) is 11.5 Å². The van der Waals surface area contributed by atoms with Crippen LogP contribution in [0.4, 0.5) is 0 Å². The summed E-state index contributed by atoms with van der Waals surface area (Å²) in [5.41, 5.74) is 1.18. The molecule has 8 heteroatoms. The minimum Gasteiger partial charge on any atom is -0.504 e. The molecule has 3 rings (SSSR count). The number of hydrogen-bond acceptors (Lipinski definition) is 6. The highest BCUT2D eigenvalue weighted by atomic mass is 35.5. The molecule has 0 saturated carbocycles. The summed E-state index contributed by atoms with van der Waals surface area (Å²) in [5, 5.41) is 14.9. The van der Waals surface area contributed by atoms with Gasteiger partial charge in [0, 0.05) is 11.9 Å². The molecule has 24 heavy (non-hydrogen) atoms. The van der Waals surface area contributed by atoms with Crippen LogP contribution in [0.25, 0.3) is 9.88 Å². The Balaban J connectivity index is 1.66.